The third-order valence-corrected chi connectivity index (χ3v) is 3.05. The maximum Gasteiger partial charge on any atom is 0.202 e. The minimum absolute atomic E-state index is 0.677. The third-order valence-electron chi connectivity index (χ3n) is 1.91. The van der Waals surface area contributed by atoms with Crippen LogP contribution >= 0.6 is 27.5 Å². The fourth-order valence-electron chi connectivity index (χ4n) is 1.14. The molecule has 2 aromatic rings. The quantitative estimate of drug-likeness (QED) is 0.942. The van der Waals surface area contributed by atoms with Crippen molar-refractivity contribution in [3.05, 3.63) is 22.8 Å². The average molecular weight is 299 g/mol. The van der Waals surface area contributed by atoms with Crippen LogP contribution < -0.4 is 5.32 Å². The highest BCUT2D eigenvalue weighted by molar-refractivity contribution is 9.10. The van der Waals surface area contributed by atoms with Crippen molar-refractivity contribution in [3.8, 4) is 11.5 Å². The van der Waals surface area contributed by atoms with Gasteiger partial charge in [0.15, 0.2) is 5.82 Å². The van der Waals surface area contributed by atoms with E-state index in [1.54, 1.807) is 6.20 Å². The van der Waals surface area contributed by atoms with E-state index in [-0.39, 0.29) is 0 Å². The Kier molecular flexibility index (Phi) is 3.84. The first-order valence-corrected chi connectivity index (χ1v) is 6.55. The molecule has 2 rings (SSSR count). The monoisotopic (exact) mass is 298 g/mol. The van der Waals surface area contributed by atoms with Gasteiger partial charge in [0.1, 0.15) is 5.69 Å². The Balaban J connectivity index is 2.15. The van der Waals surface area contributed by atoms with E-state index < -0.39 is 0 Å². The SMILES string of the molecule is CCCNc1nc(-c2ccc(Br)cn2)ns1. The van der Waals surface area contributed by atoms with Gasteiger partial charge in [-0.2, -0.15) is 9.36 Å². The summed E-state index contributed by atoms with van der Waals surface area (Å²) in [4.78, 5) is 8.62. The molecule has 2 heterocycles. The smallest absolute Gasteiger partial charge is 0.202 e. The summed E-state index contributed by atoms with van der Waals surface area (Å²) in [5.41, 5.74) is 0.795. The lowest BCUT2D eigenvalue weighted by atomic mass is 10.3. The number of nitrogens with zero attached hydrogens (tertiary/aromatic N) is 3. The summed E-state index contributed by atoms with van der Waals surface area (Å²) in [6.45, 7) is 3.04. The topological polar surface area (TPSA) is 50.7 Å². The number of hydrogen-bond acceptors (Lipinski definition) is 5. The van der Waals surface area contributed by atoms with E-state index in [1.807, 2.05) is 12.1 Å². The van der Waals surface area contributed by atoms with Crippen LogP contribution in [0.15, 0.2) is 22.8 Å². The molecule has 0 amide bonds. The van der Waals surface area contributed by atoms with Crippen molar-refractivity contribution < 1.29 is 0 Å². The summed E-state index contributed by atoms with van der Waals surface area (Å²) in [7, 11) is 0. The van der Waals surface area contributed by atoms with Gasteiger partial charge in [-0.05, 0) is 34.5 Å². The molecule has 0 aliphatic heterocycles. The van der Waals surface area contributed by atoms with Crippen molar-refractivity contribution in [2.75, 3.05) is 11.9 Å². The first-order chi connectivity index (χ1) is 7.79. The molecule has 0 unspecified atom stereocenters. The lowest BCUT2D eigenvalue weighted by molar-refractivity contribution is 0.976. The first-order valence-electron chi connectivity index (χ1n) is 4.99. The first kappa shape index (κ1) is 11.5. The molecule has 6 heteroatoms. The standard InChI is InChI=1S/C10H11BrN4S/c1-2-5-12-10-14-9(15-16-10)8-4-3-7(11)6-13-8/h3-4,6H,2,5H2,1H3,(H,12,14,15). The Morgan fingerprint density at radius 1 is 1.44 bits per heavy atom. The normalized spacial score (nSPS) is 10.4. The van der Waals surface area contributed by atoms with Crippen LogP contribution in [0, 0.1) is 0 Å². The molecular formula is C10H11BrN4S. The van der Waals surface area contributed by atoms with Crippen LogP contribution in [0.2, 0.25) is 0 Å². The minimum atomic E-state index is 0.677. The van der Waals surface area contributed by atoms with Crippen molar-refractivity contribution in [1.82, 2.24) is 14.3 Å². The fourth-order valence-corrected chi connectivity index (χ4v) is 1.98. The number of anilines is 1. The second-order valence-corrected chi connectivity index (χ2v) is 4.88. The van der Waals surface area contributed by atoms with Crippen LogP contribution in [0.3, 0.4) is 0 Å². The van der Waals surface area contributed by atoms with E-state index in [1.165, 1.54) is 11.5 Å². The van der Waals surface area contributed by atoms with E-state index in [0.717, 1.165) is 28.3 Å². The minimum Gasteiger partial charge on any atom is -0.360 e. The summed E-state index contributed by atoms with van der Waals surface area (Å²) in [6, 6.07) is 3.83. The van der Waals surface area contributed by atoms with Gasteiger partial charge in [-0.3, -0.25) is 4.98 Å². The van der Waals surface area contributed by atoms with Crippen LogP contribution in [0.1, 0.15) is 13.3 Å². The number of pyridine rings is 1. The molecule has 84 valence electrons. The maximum atomic E-state index is 4.37. The molecular weight excluding hydrogens is 288 g/mol. The van der Waals surface area contributed by atoms with Gasteiger partial charge in [0.2, 0.25) is 5.13 Å². The molecule has 16 heavy (non-hydrogen) atoms. The van der Waals surface area contributed by atoms with Crippen molar-refractivity contribution >= 4 is 32.6 Å². The molecule has 4 nitrogen and oxygen atoms in total. The molecule has 0 bridgehead atoms. The van der Waals surface area contributed by atoms with Crippen LogP contribution in [0.5, 0.6) is 0 Å². The number of hydrogen-bond donors (Lipinski definition) is 1. The highest BCUT2D eigenvalue weighted by atomic mass is 79.9. The van der Waals surface area contributed by atoms with Crippen LogP contribution in [-0.2, 0) is 0 Å². The lowest BCUT2D eigenvalue weighted by Gasteiger charge is -1.96. The molecule has 0 atom stereocenters. The van der Waals surface area contributed by atoms with E-state index in [2.05, 4.69) is 42.5 Å². The fraction of sp³-hybridized carbons (Fsp3) is 0.300. The molecule has 0 aromatic carbocycles. The van der Waals surface area contributed by atoms with E-state index >= 15 is 0 Å². The largest absolute Gasteiger partial charge is 0.360 e. The van der Waals surface area contributed by atoms with Crippen LogP contribution in [0.4, 0.5) is 5.13 Å². The Morgan fingerprint density at radius 2 is 2.31 bits per heavy atom. The molecule has 0 saturated carbocycles. The molecule has 0 radical (unpaired) electrons. The third kappa shape index (κ3) is 2.76. The Bertz CT molecular complexity index is 454. The highest BCUT2D eigenvalue weighted by Gasteiger charge is 2.06. The second kappa shape index (κ2) is 5.36. The van der Waals surface area contributed by atoms with Gasteiger partial charge < -0.3 is 5.32 Å². The summed E-state index contributed by atoms with van der Waals surface area (Å²) in [5.74, 6) is 0.677. The second-order valence-electron chi connectivity index (χ2n) is 3.21. The highest BCUT2D eigenvalue weighted by Crippen LogP contribution is 2.20. The molecule has 0 aliphatic carbocycles. The zero-order chi connectivity index (χ0) is 11.4. The van der Waals surface area contributed by atoms with Crippen molar-refractivity contribution in [3.63, 3.8) is 0 Å². The molecule has 0 spiro atoms. The van der Waals surface area contributed by atoms with Gasteiger partial charge >= 0.3 is 0 Å². The lowest BCUT2D eigenvalue weighted by Crippen LogP contribution is -1.98. The van der Waals surface area contributed by atoms with Crippen molar-refractivity contribution in [2.45, 2.75) is 13.3 Å². The summed E-state index contributed by atoms with van der Waals surface area (Å²) in [6.07, 6.45) is 2.82. The average Bonchev–Trinajstić information content (AvgIpc) is 2.76. The Hall–Kier alpha value is -1.01. The van der Waals surface area contributed by atoms with E-state index in [4.69, 9.17) is 0 Å². The molecule has 2 aromatic heterocycles. The zero-order valence-corrected chi connectivity index (χ0v) is 11.2. The number of rotatable bonds is 4. The van der Waals surface area contributed by atoms with Gasteiger partial charge in [0.25, 0.3) is 0 Å². The number of aromatic nitrogens is 3. The Morgan fingerprint density at radius 3 is 3.00 bits per heavy atom. The molecule has 0 aliphatic rings. The Labute approximate surface area is 106 Å². The number of halogens is 1. The maximum absolute atomic E-state index is 4.37. The summed E-state index contributed by atoms with van der Waals surface area (Å²) in [5, 5.41) is 4.05. The van der Waals surface area contributed by atoms with Crippen LogP contribution in [-0.4, -0.2) is 20.9 Å². The zero-order valence-electron chi connectivity index (χ0n) is 8.77. The molecule has 1 N–H and O–H groups in total. The van der Waals surface area contributed by atoms with Crippen molar-refractivity contribution in [2.24, 2.45) is 0 Å². The van der Waals surface area contributed by atoms with Gasteiger partial charge in [0.05, 0.1) is 0 Å². The van der Waals surface area contributed by atoms with Gasteiger partial charge in [-0.1, -0.05) is 6.92 Å². The van der Waals surface area contributed by atoms with Gasteiger partial charge in [-0.25, -0.2) is 0 Å². The van der Waals surface area contributed by atoms with E-state index in [0.29, 0.717) is 5.82 Å². The molecule has 0 saturated heterocycles. The summed E-state index contributed by atoms with van der Waals surface area (Å²) >= 11 is 4.71. The van der Waals surface area contributed by atoms with Crippen molar-refractivity contribution in [1.29, 1.82) is 0 Å². The van der Waals surface area contributed by atoms with Gasteiger partial charge in [0, 0.05) is 28.7 Å². The number of nitrogens with one attached hydrogen (secondary N) is 1. The molecule has 0 fully saturated rings. The van der Waals surface area contributed by atoms with Gasteiger partial charge in [-0.15, -0.1) is 0 Å². The predicted molar refractivity (Wildman–Crippen MR) is 69.6 cm³/mol. The van der Waals surface area contributed by atoms with Crippen LogP contribution in [0.25, 0.3) is 11.5 Å². The van der Waals surface area contributed by atoms with E-state index in [9.17, 15) is 0 Å². The summed E-state index contributed by atoms with van der Waals surface area (Å²) < 4.78 is 5.21. The predicted octanol–water partition coefficient (Wildman–Crippen LogP) is 3.18.